The van der Waals surface area contributed by atoms with Crippen molar-refractivity contribution < 1.29 is 0 Å². The third kappa shape index (κ3) is 1.58. The summed E-state index contributed by atoms with van der Waals surface area (Å²) in [6.45, 7) is 5.18. The van der Waals surface area contributed by atoms with Gasteiger partial charge >= 0.3 is 0 Å². The number of hydrogen-bond donors (Lipinski definition) is 0. The van der Waals surface area contributed by atoms with Crippen molar-refractivity contribution in [3.8, 4) is 0 Å². The van der Waals surface area contributed by atoms with E-state index in [-0.39, 0.29) is 0 Å². The van der Waals surface area contributed by atoms with E-state index in [1.54, 1.807) is 0 Å². The van der Waals surface area contributed by atoms with Crippen LogP contribution in [0.25, 0.3) is 0 Å². The Kier molecular flexibility index (Phi) is 2.57. The number of allylic oxidation sites excluding steroid dienone is 4. The van der Waals surface area contributed by atoms with Crippen LogP contribution in [0.2, 0.25) is 0 Å². The lowest BCUT2D eigenvalue weighted by molar-refractivity contribution is -0.0271. The second-order valence-corrected chi connectivity index (χ2v) is 8.26. The first kappa shape index (κ1) is 12.2. The van der Waals surface area contributed by atoms with E-state index in [1.807, 2.05) is 0 Å². The monoisotopic (exact) mass is 256 g/mol. The summed E-state index contributed by atoms with van der Waals surface area (Å²) >= 11 is 0. The van der Waals surface area contributed by atoms with Crippen LogP contribution in [0.3, 0.4) is 0 Å². The molecule has 0 saturated heterocycles. The molecule has 0 N–H and O–H groups in total. The topological polar surface area (TPSA) is 0 Å². The SMILES string of the molecule is CC12CCCC1C1C=CC3C=CCCC3(C)C1CC2. The van der Waals surface area contributed by atoms with Gasteiger partial charge in [0.1, 0.15) is 0 Å². The van der Waals surface area contributed by atoms with Crippen molar-refractivity contribution in [1.82, 2.24) is 0 Å². The molecule has 104 valence electrons. The molecule has 6 atom stereocenters. The Hall–Kier alpha value is -0.520. The quantitative estimate of drug-likeness (QED) is 0.512. The molecule has 0 heteroatoms. The second-order valence-electron chi connectivity index (χ2n) is 8.26. The molecular formula is C19H28. The Morgan fingerprint density at radius 3 is 2.68 bits per heavy atom. The minimum Gasteiger partial charge on any atom is -0.0879 e. The van der Waals surface area contributed by atoms with Crippen LogP contribution in [0.1, 0.15) is 58.8 Å². The smallest absolute Gasteiger partial charge is 0.000347 e. The van der Waals surface area contributed by atoms with Gasteiger partial charge < -0.3 is 0 Å². The zero-order chi connectivity index (χ0) is 13.1. The molecule has 0 aromatic heterocycles. The van der Waals surface area contributed by atoms with E-state index in [9.17, 15) is 0 Å². The van der Waals surface area contributed by atoms with E-state index in [2.05, 4.69) is 38.2 Å². The van der Waals surface area contributed by atoms with Crippen molar-refractivity contribution >= 4 is 0 Å². The molecule has 0 nitrogen and oxygen atoms in total. The molecule has 0 amide bonds. The van der Waals surface area contributed by atoms with Gasteiger partial charge in [0.2, 0.25) is 0 Å². The lowest BCUT2D eigenvalue weighted by Gasteiger charge is -2.56. The fourth-order valence-corrected chi connectivity index (χ4v) is 6.21. The summed E-state index contributed by atoms with van der Waals surface area (Å²) in [4.78, 5) is 0. The lowest BCUT2D eigenvalue weighted by Crippen LogP contribution is -2.49. The van der Waals surface area contributed by atoms with Gasteiger partial charge in [0.15, 0.2) is 0 Å². The molecule has 6 unspecified atom stereocenters. The van der Waals surface area contributed by atoms with Gasteiger partial charge in [0.25, 0.3) is 0 Å². The molecule has 19 heavy (non-hydrogen) atoms. The van der Waals surface area contributed by atoms with Gasteiger partial charge in [-0.05, 0) is 67.1 Å². The molecule has 0 radical (unpaired) electrons. The highest BCUT2D eigenvalue weighted by Crippen LogP contribution is 2.63. The van der Waals surface area contributed by atoms with Crippen LogP contribution in [-0.2, 0) is 0 Å². The van der Waals surface area contributed by atoms with E-state index >= 15 is 0 Å². The van der Waals surface area contributed by atoms with Gasteiger partial charge in [-0.15, -0.1) is 0 Å². The predicted molar refractivity (Wildman–Crippen MR) is 80.8 cm³/mol. The minimum absolute atomic E-state index is 0.568. The molecule has 4 rings (SSSR count). The van der Waals surface area contributed by atoms with Crippen LogP contribution in [-0.4, -0.2) is 0 Å². The fraction of sp³-hybridized carbons (Fsp3) is 0.789. The molecule has 0 heterocycles. The van der Waals surface area contributed by atoms with Crippen molar-refractivity contribution in [1.29, 1.82) is 0 Å². The standard InChI is InChI=1S/C19H28/c1-18-11-5-7-16(18)15-9-8-14-6-3-4-12-19(14,2)17(15)10-13-18/h3,6,8-9,14-17H,4-5,7,10-13H2,1-2H3. The Morgan fingerprint density at radius 2 is 1.79 bits per heavy atom. The first-order valence-corrected chi connectivity index (χ1v) is 8.48. The van der Waals surface area contributed by atoms with E-state index in [0.29, 0.717) is 10.8 Å². The summed E-state index contributed by atoms with van der Waals surface area (Å²) in [5.74, 6) is 3.58. The fourth-order valence-electron chi connectivity index (χ4n) is 6.21. The summed E-state index contributed by atoms with van der Waals surface area (Å²) < 4.78 is 0. The van der Waals surface area contributed by atoms with Crippen LogP contribution in [0, 0.1) is 34.5 Å². The zero-order valence-electron chi connectivity index (χ0n) is 12.6. The maximum absolute atomic E-state index is 2.64. The summed E-state index contributed by atoms with van der Waals surface area (Å²) in [5.41, 5.74) is 1.25. The van der Waals surface area contributed by atoms with Crippen molar-refractivity contribution in [2.45, 2.75) is 58.8 Å². The molecule has 0 spiro atoms. The Morgan fingerprint density at radius 1 is 0.895 bits per heavy atom. The highest BCUT2D eigenvalue weighted by atomic mass is 14.6. The third-order valence-corrected chi connectivity index (χ3v) is 7.46. The molecule has 4 aliphatic rings. The van der Waals surface area contributed by atoms with Crippen LogP contribution < -0.4 is 0 Å². The van der Waals surface area contributed by atoms with E-state index in [0.717, 1.165) is 23.7 Å². The molecule has 0 aromatic carbocycles. The first-order valence-electron chi connectivity index (χ1n) is 8.48. The molecule has 4 aliphatic carbocycles. The van der Waals surface area contributed by atoms with Crippen molar-refractivity contribution in [3.05, 3.63) is 24.3 Å². The van der Waals surface area contributed by atoms with Crippen molar-refractivity contribution in [3.63, 3.8) is 0 Å². The van der Waals surface area contributed by atoms with Crippen LogP contribution in [0.15, 0.2) is 24.3 Å². The molecule has 0 bridgehead atoms. The largest absolute Gasteiger partial charge is 0.0879 e. The number of rotatable bonds is 0. The molecule has 2 saturated carbocycles. The average molecular weight is 256 g/mol. The normalized spacial score (nSPS) is 55.5. The highest BCUT2D eigenvalue weighted by molar-refractivity contribution is 5.21. The van der Waals surface area contributed by atoms with Crippen molar-refractivity contribution in [2.24, 2.45) is 34.5 Å². The Balaban J connectivity index is 1.73. The van der Waals surface area contributed by atoms with Gasteiger partial charge in [-0.2, -0.15) is 0 Å². The van der Waals surface area contributed by atoms with Crippen molar-refractivity contribution in [2.75, 3.05) is 0 Å². The van der Waals surface area contributed by atoms with Gasteiger partial charge in [-0.1, -0.05) is 44.6 Å². The number of hydrogen-bond acceptors (Lipinski definition) is 0. The van der Waals surface area contributed by atoms with Gasteiger partial charge in [0.05, 0.1) is 0 Å². The Bertz CT molecular complexity index is 431. The minimum atomic E-state index is 0.568. The van der Waals surface area contributed by atoms with Crippen LogP contribution in [0.5, 0.6) is 0 Å². The molecule has 0 aromatic rings. The summed E-state index contributed by atoms with van der Waals surface area (Å²) in [6.07, 6.45) is 20.3. The van der Waals surface area contributed by atoms with E-state index < -0.39 is 0 Å². The van der Waals surface area contributed by atoms with E-state index in [4.69, 9.17) is 0 Å². The molecular weight excluding hydrogens is 228 g/mol. The molecule has 0 aliphatic heterocycles. The van der Waals surface area contributed by atoms with Gasteiger partial charge in [-0.25, -0.2) is 0 Å². The zero-order valence-corrected chi connectivity index (χ0v) is 12.6. The van der Waals surface area contributed by atoms with Crippen LogP contribution >= 0.6 is 0 Å². The summed E-state index contributed by atoms with van der Waals surface area (Å²) in [7, 11) is 0. The van der Waals surface area contributed by atoms with E-state index in [1.165, 1.54) is 44.9 Å². The predicted octanol–water partition coefficient (Wildman–Crippen LogP) is 5.36. The highest BCUT2D eigenvalue weighted by Gasteiger charge is 2.55. The lowest BCUT2D eigenvalue weighted by atomic mass is 9.48. The number of fused-ring (bicyclic) bond motifs is 5. The van der Waals surface area contributed by atoms with Gasteiger partial charge in [0, 0.05) is 5.92 Å². The summed E-state index contributed by atoms with van der Waals surface area (Å²) in [5, 5.41) is 0. The first-order chi connectivity index (χ1) is 9.13. The maximum atomic E-state index is 2.64. The summed E-state index contributed by atoms with van der Waals surface area (Å²) in [6, 6.07) is 0. The maximum Gasteiger partial charge on any atom is 0.000347 e. The average Bonchev–Trinajstić information content (AvgIpc) is 2.79. The van der Waals surface area contributed by atoms with Crippen LogP contribution in [0.4, 0.5) is 0 Å². The molecule has 2 fully saturated rings. The second kappa shape index (κ2) is 3.99. The Labute approximate surface area is 118 Å². The van der Waals surface area contributed by atoms with Gasteiger partial charge in [-0.3, -0.25) is 0 Å². The third-order valence-electron chi connectivity index (χ3n) is 7.46.